The predicted molar refractivity (Wildman–Crippen MR) is 73.3 cm³/mol. The minimum absolute atomic E-state index is 0.0590. The molecule has 4 rings (SSSR count). The summed E-state index contributed by atoms with van der Waals surface area (Å²) >= 11 is 0. The van der Waals surface area contributed by atoms with Crippen molar-refractivity contribution in [2.75, 3.05) is 6.54 Å². The molecule has 1 aromatic rings. The lowest BCUT2D eigenvalue weighted by atomic mass is 9.87. The third kappa shape index (κ3) is 1.68. The van der Waals surface area contributed by atoms with E-state index in [-0.39, 0.29) is 12.0 Å². The van der Waals surface area contributed by atoms with Crippen LogP contribution in [0.15, 0.2) is 24.5 Å². The second-order valence-electron chi connectivity index (χ2n) is 6.68. The standard InChI is InChI=1S/C16H22N2O/c17-7-12(11-2-1-5-18-8-11)16(19)15-13-9-3-4-10(6-9)14(13)15/h1-2,5,8-10,12-16,19H,3-4,6-7,17H2. The van der Waals surface area contributed by atoms with Crippen LogP contribution >= 0.6 is 0 Å². The van der Waals surface area contributed by atoms with Crippen LogP contribution in [0.2, 0.25) is 0 Å². The Kier molecular flexibility index (Phi) is 2.68. The van der Waals surface area contributed by atoms with Crippen LogP contribution in [0.3, 0.4) is 0 Å². The van der Waals surface area contributed by atoms with Gasteiger partial charge in [-0.25, -0.2) is 0 Å². The van der Waals surface area contributed by atoms with Crippen molar-refractivity contribution in [2.24, 2.45) is 35.3 Å². The summed E-state index contributed by atoms with van der Waals surface area (Å²) < 4.78 is 0. The highest BCUT2D eigenvalue weighted by molar-refractivity contribution is 5.22. The van der Waals surface area contributed by atoms with Gasteiger partial charge in [0.15, 0.2) is 0 Å². The molecule has 3 fully saturated rings. The van der Waals surface area contributed by atoms with E-state index in [0.29, 0.717) is 12.5 Å². The number of hydrogen-bond acceptors (Lipinski definition) is 3. The maximum Gasteiger partial charge on any atom is 0.0655 e. The van der Waals surface area contributed by atoms with E-state index in [4.69, 9.17) is 5.73 Å². The van der Waals surface area contributed by atoms with Gasteiger partial charge in [0, 0.05) is 24.9 Å². The van der Waals surface area contributed by atoms with Gasteiger partial charge >= 0.3 is 0 Å². The zero-order chi connectivity index (χ0) is 13.0. The fourth-order valence-corrected chi connectivity index (χ4v) is 5.19. The minimum atomic E-state index is -0.271. The average Bonchev–Trinajstić information content (AvgIpc) is 2.89. The van der Waals surface area contributed by atoms with Crippen molar-refractivity contribution in [3.63, 3.8) is 0 Å². The van der Waals surface area contributed by atoms with Crippen LogP contribution in [0.1, 0.15) is 30.7 Å². The summed E-state index contributed by atoms with van der Waals surface area (Å²) in [6, 6.07) is 3.97. The molecule has 1 aromatic heterocycles. The van der Waals surface area contributed by atoms with Crippen LogP contribution in [0.25, 0.3) is 0 Å². The first-order valence-electron chi connectivity index (χ1n) is 7.59. The summed E-state index contributed by atoms with van der Waals surface area (Å²) in [7, 11) is 0. The monoisotopic (exact) mass is 258 g/mol. The lowest BCUT2D eigenvalue weighted by Crippen LogP contribution is -2.29. The Hall–Kier alpha value is -0.930. The van der Waals surface area contributed by atoms with Crippen molar-refractivity contribution in [1.29, 1.82) is 0 Å². The molecule has 102 valence electrons. The van der Waals surface area contributed by atoms with Crippen molar-refractivity contribution in [1.82, 2.24) is 4.98 Å². The number of nitrogens with two attached hydrogens (primary N) is 1. The van der Waals surface area contributed by atoms with E-state index in [9.17, 15) is 5.11 Å². The maximum atomic E-state index is 10.8. The first-order chi connectivity index (χ1) is 9.31. The molecular weight excluding hydrogens is 236 g/mol. The number of fused-ring (bicyclic) bond motifs is 5. The zero-order valence-electron chi connectivity index (χ0n) is 11.2. The molecule has 2 bridgehead atoms. The molecule has 0 saturated heterocycles. The van der Waals surface area contributed by atoms with E-state index >= 15 is 0 Å². The highest BCUT2D eigenvalue weighted by atomic mass is 16.3. The van der Waals surface area contributed by atoms with E-state index in [1.807, 2.05) is 18.3 Å². The molecule has 3 saturated carbocycles. The molecular formula is C16H22N2O. The molecule has 3 heteroatoms. The molecule has 3 N–H and O–H groups in total. The second-order valence-corrected chi connectivity index (χ2v) is 6.68. The van der Waals surface area contributed by atoms with Gasteiger partial charge in [-0.1, -0.05) is 6.07 Å². The Balaban J connectivity index is 1.53. The molecule has 3 nitrogen and oxygen atoms in total. The molecule has 0 aliphatic heterocycles. The molecule has 0 amide bonds. The smallest absolute Gasteiger partial charge is 0.0655 e. The summed E-state index contributed by atoms with van der Waals surface area (Å²) in [4.78, 5) is 4.16. The maximum absolute atomic E-state index is 10.8. The van der Waals surface area contributed by atoms with Gasteiger partial charge in [0.25, 0.3) is 0 Å². The summed E-state index contributed by atoms with van der Waals surface area (Å²) in [6.45, 7) is 0.512. The SMILES string of the molecule is NCC(c1cccnc1)C(O)C1C2C3CCC(C3)C21. The highest BCUT2D eigenvalue weighted by Gasteiger charge is 2.67. The van der Waals surface area contributed by atoms with Gasteiger partial charge in [0.1, 0.15) is 0 Å². The summed E-state index contributed by atoms with van der Waals surface area (Å²) in [5.74, 6) is 3.99. The van der Waals surface area contributed by atoms with Crippen molar-refractivity contribution >= 4 is 0 Å². The Bertz CT molecular complexity index is 447. The third-order valence-electron chi connectivity index (χ3n) is 5.97. The van der Waals surface area contributed by atoms with Gasteiger partial charge in [0.2, 0.25) is 0 Å². The highest BCUT2D eigenvalue weighted by Crippen LogP contribution is 2.71. The number of aliphatic hydroxyl groups excluding tert-OH is 1. The van der Waals surface area contributed by atoms with Gasteiger partial charge in [-0.2, -0.15) is 0 Å². The number of nitrogens with zero attached hydrogens (tertiary/aromatic N) is 1. The molecule has 1 heterocycles. The largest absolute Gasteiger partial charge is 0.392 e. The Morgan fingerprint density at radius 1 is 1.32 bits per heavy atom. The van der Waals surface area contributed by atoms with Gasteiger partial charge < -0.3 is 10.8 Å². The Morgan fingerprint density at radius 3 is 2.63 bits per heavy atom. The third-order valence-corrected chi connectivity index (χ3v) is 5.97. The molecule has 0 spiro atoms. The van der Waals surface area contributed by atoms with Gasteiger partial charge in [0.05, 0.1) is 6.10 Å². The van der Waals surface area contributed by atoms with Crippen LogP contribution in [0.4, 0.5) is 0 Å². The zero-order valence-corrected chi connectivity index (χ0v) is 11.2. The summed E-state index contributed by atoms with van der Waals surface area (Å²) in [5, 5.41) is 10.8. The summed E-state index contributed by atoms with van der Waals surface area (Å²) in [6.07, 6.45) is 7.58. The number of rotatable bonds is 4. The van der Waals surface area contributed by atoms with Gasteiger partial charge in [-0.15, -0.1) is 0 Å². The fraction of sp³-hybridized carbons (Fsp3) is 0.688. The van der Waals surface area contributed by atoms with Crippen molar-refractivity contribution < 1.29 is 5.11 Å². The van der Waals surface area contributed by atoms with Crippen molar-refractivity contribution in [3.8, 4) is 0 Å². The Labute approximate surface area is 114 Å². The molecule has 0 radical (unpaired) electrons. The summed E-state index contributed by atoms with van der Waals surface area (Å²) in [5.41, 5.74) is 7.01. The van der Waals surface area contributed by atoms with Crippen LogP contribution in [0.5, 0.6) is 0 Å². The fourth-order valence-electron chi connectivity index (χ4n) is 5.19. The predicted octanol–water partition coefficient (Wildman–Crippen LogP) is 1.78. The van der Waals surface area contributed by atoms with Crippen LogP contribution in [0, 0.1) is 29.6 Å². The number of aromatic nitrogens is 1. The van der Waals surface area contributed by atoms with Gasteiger partial charge in [-0.05, 0) is 60.5 Å². The molecule has 6 unspecified atom stereocenters. The normalized spacial score (nSPS) is 41.9. The average molecular weight is 258 g/mol. The first-order valence-corrected chi connectivity index (χ1v) is 7.59. The van der Waals surface area contributed by atoms with E-state index in [0.717, 1.165) is 29.2 Å². The minimum Gasteiger partial charge on any atom is -0.392 e. The molecule has 3 aliphatic rings. The first kappa shape index (κ1) is 11.9. The molecule has 0 aromatic carbocycles. The van der Waals surface area contributed by atoms with Crippen molar-refractivity contribution in [2.45, 2.75) is 31.3 Å². The molecule has 3 aliphatic carbocycles. The quantitative estimate of drug-likeness (QED) is 0.865. The van der Waals surface area contributed by atoms with E-state index in [2.05, 4.69) is 4.98 Å². The Morgan fingerprint density at radius 2 is 2.05 bits per heavy atom. The lowest BCUT2D eigenvalue weighted by Gasteiger charge is -2.24. The van der Waals surface area contributed by atoms with E-state index < -0.39 is 0 Å². The van der Waals surface area contributed by atoms with Gasteiger partial charge in [-0.3, -0.25) is 4.98 Å². The number of aliphatic hydroxyl groups is 1. The van der Waals surface area contributed by atoms with Crippen LogP contribution in [-0.4, -0.2) is 22.7 Å². The van der Waals surface area contributed by atoms with Crippen LogP contribution < -0.4 is 5.73 Å². The van der Waals surface area contributed by atoms with E-state index in [1.54, 1.807) is 6.20 Å². The lowest BCUT2D eigenvalue weighted by molar-refractivity contribution is 0.102. The van der Waals surface area contributed by atoms with Crippen LogP contribution in [-0.2, 0) is 0 Å². The second kappa shape index (κ2) is 4.29. The number of pyridine rings is 1. The molecule has 19 heavy (non-hydrogen) atoms. The van der Waals surface area contributed by atoms with E-state index in [1.165, 1.54) is 19.3 Å². The topological polar surface area (TPSA) is 59.1 Å². The number of hydrogen-bond donors (Lipinski definition) is 2. The van der Waals surface area contributed by atoms with Crippen molar-refractivity contribution in [3.05, 3.63) is 30.1 Å². The molecule has 6 atom stereocenters.